The van der Waals surface area contributed by atoms with Crippen molar-refractivity contribution in [2.75, 3.05) is 0 Å². The molecule has 0 unspecified atom stereocenters. The van der Waals surface area contributed by atoms with Gasteiger partial charge in [0.25, 0.3) is 5.09 Å². The molecule has 0 aromatic carbocycles. The van der Waals surface area contributed by atoms with Gasteiger partial charge in [-0.1, -0.05) is 0 Å². The minimum absolute atomic E-state index is 0. The van der Waals surface area contributed by atoms with E-state index in [4.69, 9.17) is 32.8 Å². The van der Waals surface area contributed by atoms with Crippen LogP contribution in [0.15, 0.2) is 0 Å². The summed E-state index contributed by atoms with van der Waals surface area (Å²) in [6.07, 6.45) is 0. The van der Waals surface area contributed by atoms with E-state index in [0.29, 0.717) is 0 Å². The van der Waals surface area contributed by atoms with Gasteiger partial charge >= 0.3 is 45.5 Å². The predicted octanol–water partition coefficient (Wildman–Crippen LogP) is -2.07. The topological polar surface area (TPSA) is 144 Å². The summed E-state index contributed by atoms with van der Waals surface area (Å²) in [6.45, 7) is 0. The third kappa shape index (κ3) is 1610. The summed E-state index contributed by atoms with van der Waals surface area (Å²) in [4.78, 5) is 8.36. The molecule has 0 aliphatic heterocycles. The van der Waals surface area contributed by atoms with Crippen molar-refractivity contribution in [2.24, 2.45) is 0 Å². The molecule has 0 atom stereocenters. The van der Waals surface area contributed by atoms with Crippen LogP contribution in [0.2, 0.25) is 0 Å². The van der Waals surface area contributed by atoms with Crippen LogP contribution in [0.3, 0.4) is 0 Å². The first kappa shape index (κ1) is 16.9. The average molecular weight is 247 g/mol. The maximum atomic E-state index is 8.52. The molecule has 0 aromatic heterocycles. The van der Waals surface area contributed by atoms with E-state index in [0.717, 1.165) is 0 Å². The minimum Gasteiger partial charge on any atom is -0.759 e. The van der Waals surface area contributed by atoms with Gasteiger partial charge in [-0.15, -0.1) is 10.1 Å². The Morgan fingerprint density at radius 3 is 1.30 bits per heavy atom. The van der Waals surface area contributed by atoms with Crippen LogP contribution in [-0.2, 0) is 10.4 Å². The van der Waals surface area contributed by atoms with Crippen LogP contribution in [0.25, 0.3) is 0 Å². The zero-order valence-corrected chi connectivity index (χ0v) is 8.75. The number of hydrogen-bond donors (Lipinski definition) is 1. The Morgan fingerprint density at radius 2 is 1.30 bits per heavy atom. The standard InChI is InChI=1S/HNO3.H2O4S.Sr/c2-1(3)4;1-5(2,3)4;/h(H,2,3,4);(H2,1,2,3,4);/q;;+2/p-2. The summed E-state index contributed by atoms with van der Waals surface area (Å²) in [7, 11) is -5.17. The molecule has 8 nitrogen and oxygen atoms in total. The zero-order valence-electron chi connectivity index (χ0n) is 4.46. The first-order valence-electron chi connectivity index (χ1n) is 1.23. The molecule has 0 fully saturated rings. The second-order valence-electron chi connectivity index (χ2n) is 0.646. The van der Waals surface area contributed by atoms with Crippen LogP contribution in [0, 0.1) is 10.1 Å². The van der Waals surface area contributed by atoms with Gasteiger partial charge in [-0.05, 0) is 0 Å². The predicted molar refractivity (Wildman–Crippen MR) is 25.0 cm³/mol. The molecule has 1 N–H and O–H groups in total. The van der Waals surface area contributed by atoms with E-state index in [-0.39, 0.29) is 45.5 Å². The molecule has 0 amide bonds. The largest absolute Gasteiger partial charge is 2.00 e. The van der Waals surface area contributed by atoms with E-state index in [1.807, 2.05) is 0 Å². The maximum absolute atomic E-state index is 8.52. The van der Waals surface area contributed by atoms with Crippen LogP contribution in [-0.4, -0.2) is 73.3 Å². The summed E-state index contributed by atoms with van der Waals surface area (Å²) in [5.41, 5.74) is 0. The molecular formula is HNO7SSr. The van der Waals surface area contributed by atoms with Crippen molar-refractivity contribution in [3.8, 4) is 0 Å². The minimum atomic E-state index is -5.17. The van der Waals surface area contributed by atoms with E-state index >= 15 is 0 Å². The Balaban J connectivity index is -0.0000000910. The van der Waals surface area contributed by atoms with E-state index in [1.54, 1.807) is 0 Å². The fourth-order valence-electron chi connectivity index (χ4n) is 0. The Morgan fingerprint density at radius 1 is 1.30 bits per heavy atom. The number of hydrogen-bond acceptors (Lipinski definition) is 6. The molecule has 56 valence electrons. The fraction of sp³-hybridized carbons (Fsp3) is 0. The smallest absolute Gasteiger partial charge is 0.759 e. The normalized spacial score (nSPS) is 8.20. The molecule has 0 saturated heterocycles. The molecule has 0 saturated carbocycles. The number of rotatable bonds is 0. The molecule has 0 bridgehead atoms. The van der Waals surface area contributed by atoms with Gasteiger partial charge in [-0.2, -0.15) is 0 Å². The maximum Gasteiger partial charge on any atom is 2.00 e. The molecule has 10 heavy (non-hydrogen) atoms. The molecule has 0 rings (SSSR count). The van der Waals surface area contributed by atoms with E-state index in [9.17, 15) is 0 Å². The molecular weight excluding hydrogens is 246 g/mol. The average Bonchev–Trinajstić information content (AvgIpc) is 1.19. The van der Waals surface area contributed by atoms with Gasteiger partial charge in [0.2, 0.25) is 0 Å². The van der Waals surface area contributed by atoms with Crippen LogP contribution in [0.5, 0.6) is 0 Å². The third-order valence-electron chi connectivity index (χ3n) is 0. The summed E-state index contributed by atoms with van der Waals surface area (Å²) in [6, 6.07) is 0. The first-order chi connectivity index (χ1) is 3.73. The zero-order chi connectivity index (χ0) is 8.08. The van der Waals surface area contributed by atoms with E-state index in [2.05, 4.69) is 0 Å². The molecule has 0 heterocycles. The summed E-state index contributed by atoms with van der Waals surface area (Å²) in [5, 5.41) is 13.6. The van der Waals surface area contributed by atoms with Crippen molar-refractivity contribution in [2.45, 2.75) is 0 Å². The Hall–Kier alpha value is 0.551. The fourth-order valence-corrected chi connectivity index (χ4v) is 0. The second kappa shape index (κ2) is 7.66. The van der Waals surface area contributed by atoms with Crippen molar-refractivity contribution >= 4 is 55.9 Å². The summed E-state index contributed by atoms with van der Waals surface area (Å²) in [5.74, 6) is 0. The van der Waals surface area contributed by atoms with Crippen LogP contribution in [0.4, 0.5) is 0 Å². The molecule has 0 aliphatic carbocycles. The molecule has 0 aliphatic rings. The monoisotopic (exact) mass is 247 g/mol. The van der Waals surface area contributed by atoms with Crippen LogP contribution in [0.1, 0.15) is 0 Å². The first-order valence-corrected chi connectivity index (χ1v) is 2.57. The Labute approximate surface area is 92.8 Å². The number of nitrogens with zero attached hydrogens (tertiary/aromatic N) is 1. The summed E-state index contributed by atoms with van der Waals surface area (Å²) >= 11 is 0. The molecule has 10 heteroatoms. The Kier molecular flexibility index (Phi) is 12.9. The third-order valence-corrected chi connectivity index (χ3v) is 0. The van der Waals surface area contributed by atoms with Gasteiger partial charge in [0.15, 0.2) is 0 Å². The SMILES string of the molecule is O=S(=O)([O-])[O-].O=[N+]([O-])O.[Sr+2]. The van der Waals surface area contributed by atoms with Gasteiger partial charge in [0, 0.05) is 10.4 Å². The van der Waals surface area contributed by atoms with Crippen molar-refractivity contribution in [1.82, 2.24) is 0 Å². The van der Waals surface area contributed by atoms with Gasteiger partial charge in [0.1, 0.15) is 0 Å². The van der Waals surface area contributed by atoms with Crippen molar-refractivity contribution in [1.29, 1.82) is 0 Å². The van der Waals surface area contributed by atoms with Crippen LogP contribution < -0.4 is 0 Å². The van der Waals surface area contributed by atoms with Crippen molar-refractivity contribution < 1.29 is 27.8 Å². The molecule has 0 aromatic rings. The quantitative estimate of drug-likeness (QED) is 0.170. The summed E-state index contributed by atoms with van der Waals surface area (Å²) < 4.78 is 34.1. The molecule has 0 spiro atoms. The van der Waals surface area contributed by atoms with Gasteiger partial charge in [-0.3, -0.25) is 8.42 Å². The van der Waals surface area contributed by atoms with Crippen molar-refractivity contribution in [3.63, 3.8) is 0 Å². The van der Waals surface area contributed by atoms with Gasteiger partial charge < -0.3 is 14.3 Å². The molecule has 0 radical (unpaired) electrons. The van der Waals surface area contributed by atoms with E-state index < -0.39 is 15.5 Å². The van der Waals surface area contributed by atoms with Crippen LogP contribution >= 0.6 is 0 Å². The Bertz CT molecular complexity index is 156. The van der Waals surface area contributed by atoms with Gasteiger partial charge in [0.05, 0.1) is 0 Å². The second-order valence-corrected chi connectivity index (χ2v) is 1.46. The van der Waals surface area contributed by atoms with Crippen molar-refractivity contribution in [3.05, 3.63) is 10.1 Å². The van der Waals surface area contributed by atoms with Gasteiger partial charge in [-0.25, -0.2) is 0 Å². The van der Waals surface area contributed by atoms with E-state index in [1.165, 1.54) is 0 Å².